The Balaban J connectivity index is 0.000000686. The summed E-state index contributed by atoms with van der Waals surface area (Å²) >= 11 is 0. The van der Waals surface area contributed by atoms with Crippen LogP contribution in [0.2, 0.25) is 0 Å². The zero-order chi connectivity index (χ0) is 12.7. The Kier molecular flexibility index (Phi) is 5.17. The monoisotopic (exact) mass is 232 g/mol. The number of aliphatic hydroxyl groups excluding tert-OH is 1. The minimum atomic E-state index is 0.365. The number of hydrogen-bond acceptors (Lipinski definition) is 3. The van der Waals surface area contributed by atoms with Gasteiger partial charge in [-0.3, -0.25) is 4.79 Å². The highest BCUT2D eigenvalue weighted by atomic mass is 16.3. The molecule has 3 nitrogen and oxygen atoms in total. The molecule has 0 saturated heterocycles. The molecule has 2 aromatic rings. The first-order valence-corrected chi connectivity index (χ1v) is 5.42. The maximum atomic E-state index is 10.5. The summed E-state index contributed by atoms with van der Waals surface area (Å²) in [5.74, 6) is 1.10. The normalized spacial score (nSPS) is 9.35. The number of rotatable bonds is 3. The van der Waals surface area contributed by atoms with E-state index in [-0.39, 0.29) is 0 Å². The van der Waals surface area contributed by atoms with Gasteiger partial charge in [0.25, 0.3) is 0 Å². The van der Waals surface area contributed by atoms with Crippen molar-refractivity contribution >= 4 is 6.29 Å². The van der Waals surface area contributed by atoms with Crippen molar-refractivity contribution in [2.75, 3.05) is 7.11 Å². The SMILES string of the molecule is CCc1ccc(-c2ccc(C=O)o2)cc1.CO. The summed E-state index contributed by atoms with van der Waals surface area (Å²) in [5.41, 5.74) is 2.29. The van der Waals surface area contributed by atoms with Crippen molar-refractivity contribution in [3.63, 3.8) is 0 Å². The van der Waals surface area contributed by atoms with Gasteiger partial charge in [-0.05, 0) is 24.1 Å². The van der Waals surface area contributed by atoms with Gasteiger partial charge in [0.1, 0.15) is 5.76 Å². The lowest BCUT2D eigenvalue weighted by Gasteiger charge is -1.98. The van der Waals surface area contributed by atoms with Crippen LogP contribution in [0.25, 0.3) is 11.3 Å². The maximum absolute atomic E-state index is 10.5. The summed E-state index contributed by atoms with van der Waals surface area (Å²) in [5, 5.41) is 7.00. The predicted octanol–water partition coefficient (Wildman–Crippen LogP) is 2.93. The Bertz CT molecular complexity index is 455. The second kappa shape index (κ2) is 6.66. The van der Waals surface area contributed by atoms with Gasteiger partial charge in [0.2, 0.25) is 0 Å². The lowest BCUT2D eigenvalue weighted by atomic mass is 10.1. The average molecular weight is 232 g/mol. The van der Waals surface area contributed by atoms with Crippen LogP contribution in [0.5, 0.6) is 0 Å². The van der Waals surface area contributed by atoms with Crippen LogP contribution in [0.4, 0.5) is 0 Å². The third-order valence-corrected chi connectivity index (χ3v) is 2.39. The van der Waals surface area contributed by atoms with Crippen LogP contribution in [0.3, 0.4) is 0 Å². The Labute approximate surface area is 101 Å². The minimum absolute atomic E-state index is 0.365. The van der Waals surface area contributed by atoms with Gasteiger partial charge in [-0.15, -0.1) is 0 Å². The van der Waals surface area contributed by atoms with Crippen LogP contribution < -0.4 is 0 Å². The quantitative estimate of drug-likeness (QED) is 0.828. The summed E-state index contributed by atoms with van der Waals surface area (Å²) in [6.45, 7) is 2.12. The first kappa shape index (κ1) is 13.2. The Morgan fingerprint density at radius 3 is 2.24 bits per heavy atom. The number of aldehydes is 1. The molecule has 0 unspecified atom stereocenters. The number of aliphatic hydroxyl groups is 1. The van der Waals surface area contributed by atoms with E-state index in [0.717, 1.165) is 24.9 Å². The van der Waals surface area contributed by atoms with Gasteiger partial charge in [-0.25, -0.2) is 0 Å². The van der Waals surface area contributed by atoms with Crippen LogP contribution in [0, 0.1) is 0 Å². The van der Waals surface area contributed by atoms with Gasteiger partial charge >= 0.3 is 0 Å². The van der Waals surface area contributed by atoms with E-state index in [4.69, 9.17) is 9.52 Å². The molecule has 0 aliphatic carbocycles. The first-order chi connectivity index (χ1) is 8.33. The van der Waals surface area contributed by atoms with Crippen LogP contribution in [-0.4, -0.2) is 18.5 Å². The highest BCUT2D eigenvalue weighted by Crippen LogP contribution is 2.21. The zero-order valence-electron chi connectivity index (χ0n) is 10.0. The number of carbonyl (C=O) groups excluding carboxylic acids is 1. The maximum Gasteiger partial charge on any atom is 0.185 e. The van der Waals surface area contributed by atoms with E-state index in [1.165, 1.54) is 5.56 Å². The van der Waals surface area contributed by atoms with E-state index in [1.807, 2.05) is 18.2 Å². The van der Waals surface area contributed by atoms with Gasteiger partial charge < -0.3 is 9.52 Å². The summed E-state index contributed by atoms with van der Waals surface area (Å²) in [4.78, 5) is 10.5. The molecule has 0 saturated carbocycles. The summed E-state index contributed by atoms with van der Waals surface area (Å²) in [6, 6.07) is 11.6. The lowest BCUT2D eigenvalue weighted by molar-refractivity contribution is 0.110. The van der Waals surface area contributed by atoms with Crippen LogP contribution >= 0.6 is 0 Å². The molecule has 1 aromatic heterocycles. The molecule has 90 valence electrons. The number of furan rings is 1. The largest absolute Gasteiger partial charge is 0.453 e. The Morgan fingerprint density at radius 1 is 1.12 bits per heavy atom. The molecular weight excluding hydrogens is 216 g/mol. The summed E-state index contributed by atoms with van der Waals surface area (Å²) < 4.78 is 5.32. The Hall–Kier alpha value is -1.87. The molecule has 0 aliphatic heterocycles. The molecule has 0 radical (unpaired) electrons. The smallest absolute Gasteiger partial charge is 0.185 e. The fourth-order valence-electron chi connectivity index (χ4n) is 1.48. The van der Waals surface area contributed by atoms with Gasteiger partial charge in [0.15, 0.2) is 12.0 Å². The third-order valence-electron chi connectivity index (χ3n) is 2.39. The van der Waals surface area contributed by atoms with Crippen LogP contribution in [0.1, 0.15) is 23.0 Å². The molecule has 2 rings (SSSR count). The summed E-state index contributed by atoms with van der Waals surface area (Å²) in [7, 11) is 1.00. The highest BCUT2D eigenvalue weighted by Gasteiger charge is 2.03. The average Bonchev–Trinajstić information content (AvgIpc) is 2.90. The molecule has 0 atom stereocenters. The molecule has 17 heavy (non-hydrogen) atoms. The van der Waals surface area contributed by atoms with E-state index in [2.05, 4.69) is 19.1 Å². The topological polar surface area (TPSA) is 50.4 Å². The molecule has 1 heterocycles. The van der Waals surface area contributed by atoms with E-state index in [9.17, 15) is 4.79 Å². The molecule has 0 bridgehead atoms. The molecule has 0 fully saturated rings. The molecule has 0 spiro atoms. The minimum Gasteiger partial charge on any atom is -0.453 e. The standard InChI is InChI=1S/C13H12O2.CH4O/c1-2-10-3-5-11(6-4-10)13-8-7-12(9-14)15-13;1-2/h3-9H,2H2,1H3;2H,1H3. The van der Waals surface area contributed by atoms with Gasteiger partial charge in [-0.1, -0.05) is 31.2 Å². The number of benzene rings is 1. The zero-order valence-corrected chi connectivity index (χ0v) is 10.0. The van der Waals surface area contributed by atoms with E-state index in [1.54, 1.807) is 6.07 Å². The highest BCUT2D eigenvalue weighted by molar-refractivity contribution is 5.72. The first-order valence-electron chi connectivity index (χ1n) is 5.42. The second-order valence-electron chi connectivity index (χ2n) is 3.37. The molecule has 1 aromatic carbocycles. The van der Waals surface area contributed by atoms with Crippen molar-refractivity contribution < 1.29 is 14.3 Å². The lowest BCUT2D eigenvalue weighted by Crippen LogP contribution is -1.79. The molecule has 3 heteroatoms. The van der Waals surface area contributed by atoms with Gasteiger partial charge in [0.05, 0.1) is 0 Å². The molecule has 0 amide bonds. The van der Waals surface area contributed by atoms with E-state index >= 15 is 0 Å². The van der Waals surface area contributed by atoms with Crippen molar-refractivity contribution in [1.29, 1.82) is 0 Å². The fourth-order valence-corrected chi connectivity index (χ4v) is 1.48. The van der Waals surface area contributed by atoms with Gasteiger partial charge in [-0.2, -0.15) is 0 Å². The van der Waals surface area contributed by atoms with Gasteiger partial charge in [0, 0.05) is 12.7 Å². The van der Waals surface area contributed by atoms with Crippen molar-refractivity contribution in [3.05, 3.63) is 47.7 Å². The second-order valence-corrected chi connectivity index (χ2v) is 3.37. The van der Waals surface area contributed by atoms with Crippen molar-refractivity contribution in [2.45, 2.75) is 13.3 Å². The molecule has 0 aliphatic rings. The molecule has 1 N–H and O–H groups in total. The summed E-state index contributed by atoms with van der Waals surface area (Å²) in [6.07, 6.45) is 1.74. The number of carbonyl (C=O) groups is 1. The van der Waals surface area contributed by atoms with Crippen molar-refractivity contribution in [1.82, 2.24) is 0 Å². The van der Waals surface area contributed by atoms with Crippen molar-refractivity contribution in [2.24, 2.45) is 0 Å². The predicted molar refractivity (Wildman–Crippen MR) is 67.1 cm³/mol. The van der Waals surface area contributed by atoms with Crippen molar-refractivity contribution in [3.8, 4) is 11.3 Å². The number of aryl methyl sites for hydroxylation is 1. The Morgan fingerprint density at radius 2 is 1.76 bits per heavy atom. The van der Waals surface area contributed by atoms with E-state index < -0.39 is 0 Å². The van der Waals surface area contributed by atoms with E-state index in [0.29, 0.717) is 12.0 Å². The third kappa shape index (κ3) is 3.29. The van der Waals surface area contributed by atoms with Crippen LogP contribution in [0.15, 0.2) is 40.8 Å². The molecular formula is C14H16O3. The van der Waals surface area contributed by atoms with Crippen LogP contribution in [-0.2, 0) is 6.42 Å². The number of hydrogen-bond donors (Lipinski definition) is 1. The fraction of sp³-hybridized carbons (Fsp3) is 0.214.